The minimum absolute atomic E-state index is 0. The van der Waals surface area contributed by atoms with E-state index in [1.54, 1.807) is 116 Å². The van der Waals surface area contributed by atoms with Crippen molar-refractivity contribution in [2.45, 2.75) is 99.8 Å². The summed E-state index contributed by atoms with van der Waals surface area (Å²) in [4.78, 5) is 87.1. The summed E-state index contributed by atoms with van der Waals surface area (Å²) in [5.74, 6) is 10.7. The monoisotopic (exact) mass is 1710 g/mol. The van der Waals surface area contributed by atoms with Gasteiger partial charge in [0.25, 0.3) is 5.95 Å². The highest BCUT2D eigenvalue weighted by Gasteiger charge is 2.25. The van der Waals surface area contributed by atoms with Gasteiger partial charge in [0.2, 0.25) is 30.1 Å². The zero-order valence-electron chi connectivity index (χ0n) is 74.0. The summed E-state index contributed by atoms with van der Waals surface area (Å²) in [5, 5.41) is 10.2. The maximum Gasteiger partial charge on any atom is 0.253 e. The number of ketones is 3. The van der Waals surface area contributed by atoms with Crippen LogP contribution in [-0.2, 0) is 9.47 Å². The van der Waals surface area contributed by atoms with Crippen LogP contribution in [0.2, 0.25) is 0 Å². The molecule has 40 heteroatoms. The number of anilines is 6. The average molecular weight is 1710 g/mol. The first-order chi connectivity index (χ1) is 56.8. The molecule has 0 unspecified atom stereocenters. The van der Waals surface area contributed by atoms with Crippen molar-refractivity contribution >= 4 is 77.1 Å². The van der Waals surface area contributed by atoms with Crippen molar-refractivity contribution in [1.82, 2.24) is 75.7 Å². The Balaban J connectivity index is 0.000000791. The number of hydrogen-bond acceptors (Lipinski definition) is 37. The molecule has 0 fully saturated rings. The second-order valence-electron chi connectivity index (χ2n) is 28.1. The summed E-state index contributed by atoms with van der Waals surface area (Å²) in [6.45, 7) is 17.7. The maximum absolute atomic E-state index is 12.9. The lowest BCUT2D eigenvalue weighted by Crippen LogP contribution is -2.30. The van der Waals surface area contributed by atoms with E-state index < -0.39 is 0 Å². The fraction of sp³-hybridized carbons (Fsp3) is 0.373. The first-order valence-electron chi connectivity index (χ1n) is 37.0. The molecule has 0 amide bonds. The number of rotatable bonds is 31. The molecule has 5 aromatic heterocycles. The van der Waals surface area contributed by atoms with Crippen molar-refractivity contribution in [3.63, 3.8) is 0 Å². The van der Waals surface area contributed by atoms with Crippen molar-refractivity contribution < 1.29 is 77.0 Å². The molecular formula is C83H124N24O16. The van der Waals surface area contributed by atoms with E-state index in [9.17, 15) is 14.4 Å². The Hall–Kier alpha value is -13.6. The van der Waals surface area contributed by atoms with Gasteiger partial charge in [-0.15, -0.1) is 0 Å². The third-order valence-electron chi connectivity index (χ3n) is 16.1. The molecule has 9 rings (SSSR count). The van der Waals surface area contributed by atoms with Gasteiger partial charge in [-0.1, -0.05) is 68.0 Å². The normalized spacial score (nSPS) is 10.7. The van der Waals surface area contributed by atoms with Crippen LogP contribution in [0.1, 0.15) is 147 Å². The number of benzene rings is 4. The Morgan fingerprint density at radius 1 is 0.439 bits per heavy atom. The van der Waals surface area contributed by atoms with Crippen LogP contribution in [0.5, 0.6) is 69.0 Å². The van der Waals surface area contributed by atoms with E-state index >= 15 is 0 Å². The lowest BCUT2D eigenvalue weighted by atomic mass is 9.97. The van der Waals surface area contributed by atoms with Crippen LogP contribution in [0.15, 0.2) is 125 Å². The number of Topliss-reactive ketones (excluding diaryl/α,β-unsaturated/α-hetero) is 1. The number of aliphatic imine (C=N–C) groups is 2. The number of methoxy groups -OCH3 is 6. The maximum atomic E-state index is 12.9. The Morgan fingerprint density at radius 3 is 1.07 bits per heavy atom. The molecule has 0 bridgehead atoms. The van der Waals surface area contributed by atoms with E-state index in [2.05, 4.69) is 74.8 Å². The average Bonchev–Trinajstić information content (AvgIpc) is 1.75. The fourth-order valence-electron chi connectivity index (χ4n) is 10.3. The van der Waals surface area contributed by atoms with Crippen molar-refractivity contribution in [2.75, 3.05) is 148 Å². The molecular weight excluding hydrogens is 1590 g/mol. The Labute approximate surface area is 719 Å². The van der Waals surface area contributed by atoms with Crippen LogP contribution in [0.25, 0.3) is 11.3 Å². The lowest BCUT2D eigenvalue weighted by Gasteiger charge is -2.19. The molecule has 672 valence electrons. The lowest BCUT2D eigenvalue weighted by molar-refractivity contribution is -0.179. The van der Waals surface area contributed by atoms with Crippen LogP contribution in [-0.4, -0.2) is 230 Å². The molecule has 20 N–H and O–H groups in total. The summed E-state index contributed by atoms with van der Waals surface area (Å²) < 4.78 is 60.7. The Bertz CT molecular complexity index is 4940. The number of allylic oxidation sites excluding steroid dienone is 2. The molecule has 0 aliphatic heterocycles. The zero-order chi connectivity index (χ0) is 89.9. The summed E-state index contributed by atoms with van der Waals surface area (Å²) in [7, 11) is 28.0. The van der Waals surface area contributed by atoms with Gasteiger partial charge in [0.15, 0.2) is 63.6 Å². The second-order valence-corrected chi connectivity index (χ2v) is 28.1. The van der Waals surface area contributed by atoms with Gasteiger partial charge in [0.1, 0.15) is 46.0 Å². The molecule has 123 heavy (non-hydrogen) atoms. The van der Waals surface area contributed by atoms with Gasteiger partial charge in [-0.2, -0.15) is 19.9 Å². The number of carbonyl (C=O) groups excluding carboxylic acids is 3. The quantitative estimate of drug-likeness (QED) is 0.00486. The first-order valence-corrected chi connectivity index (χ1v) is 37.0. The molecule has 0 atom stereocenters. The summed E-state index contributed by atoms with van der Waals surface area (Å²) in [6, 6.07) is 15.9. The molecule has 40 nitrogen and oxygen atoms in total. The standard InChI is InChI=1S/C25H35N7O3.C19H25N5O3.C17H19N5O3.C16H20N4O3.C5H13NO2.CH4.H3NO.H3N.H2O/c1-17(2)18-12-21(34-9)19(20(33)10-11-30(3)4)13-22(18)35-23-14-26-25(28-16-32(7)8)29-24(23)27-15-31(5)6;1-11(2)12-8-15(26-5)13(14(25)6-7-24(3)4)9-16(12)27-17-10-22-19(21)23-18(17)20;1-9(2)10-6-13(23-3)11(12-4-5-21-25-12)7-14(10)24-15-8-20-17(19)22-16(15)18;1-8(2)10-5-12(22-4)11(9(3)21)6-13(10)23-14-7-19-16(18)20-15(14)17;1-6(2)5(7-3)8-4;;1-2;;/h10-17H,1-9H3;6-11H,1-5H3,(H4,20,21,22,23);4-9H,1-3H3,(H4,18,19,20,22);5-8H,1-4H3,(H4,17,18,19,20);5H,1-4H3;1H4;2H,1H2;1H3;1H2/b11-10+,27-15?,28-16?;7-6+;;;;;;;. The van der Waals surface area contributed by atoms with Crippen LogP contribution in [0.4, 0.5) is 47.1 Å². The van der Waals surface area contributed by atoms with Crippen LogP contribution < -0.4 is 84.3 Å². The molecule has 0 spiro atoms. The van der Waals surface area contributed by atoms with Crippen molar-refractivity contribution in [2.24, 2.45) is 15.9 Å². The predicted molar refractivity (Wildman–Crippen MR) is 480 cm³/mol. The zero-order valence-corrected chi connectivity index (χ0v) is 74.0. The number of nitrogens with zero attached hydrogens (tertiary/aromatic N) is 16. The Kier molecular flexibility index (Phi) is 45.8. The van der Waals surface area contributed by atoms with Gasteiger partial charge in [0.05, 0.1) is 94.4 Å². The molecule has 0 saturated heterocycles. The van der Waals surface area contributed by atoms with E-state index in [4.69, 9.17) is 91.5 Å². The van der Waals surface area contributed by atoms with E-state index in [1.165, 1.54) is 58.1 Å². The predicted octanol–water partition coefficient (Wildman–Crippen LogP) is 12.3. The van der Waals surface area contributed by atoms with E-state index in [0.717, 1.165) is 22.3 Å². The van der Waals surface area contributed by atoms with Gasteiger partial charge in [-0.3, -0.25) is 19.3 Å². The molecule has 9 aromatic rings. The van der Waals surface area contributed by atoms with Gasteiger partial charge < -0.3 is 123 Å². The van der Waals surface area contributed by atoms with E-state index in [1.807, 2.05) is 135 Å². The molecule has 0 aliphatic carbocycles. The highest BCUT2D eigenvalue weighted by Crippen LogP contribution is 2.44. The fourth-order valence-corrected chi connectivity index (χ4v) is 10.3. The van der Waals surface area contributed by atoms with Crippen molar-refractivity contribution in [3.05, 3.63) is 149 Å². The van der Waals surface area contributed by atoms with E-state index in [-0.39, 0.29) is 119 Å². The molecule has 0 saturated carbocycles. The topological polar surface area (TPSA) is 582 Å². The van der Waals surface area contributed by atoms with Gasteiger partial charge in [-0.05, 0) is 93.2 Å². The smallest absolute Gasteiger partial charge is 0.253 e. The van der Waals surface area contributed by atoms with Crippen molar-refractivity contribution in [3.8, 4) is 80.3 Å². The number of nitrogen functional groups attached to an aromatic ring is 6. The van der Waals surface area contributed by atoms with Gasteiger partial charge >= 0.3 is 0 Å². The highest BCUT2D eigenvalue weighted by atomic mass is 16.7. The number of nitrogens with two attached hydrogens (primary N) is 7. The van der Waals surface area contributed by atoms with Crippen LogP contribution >= 0.6 is 0 Å². The van der Waals surface area contributed by atoms with Crippen LogP contribution in [0.3, 0.4) is 0 Å². The van der Waals surface area contributed by atoms with Crippen LogP contribution in [0, 0.1) is 0 Å². The van der Waals surface area contributed by atoms with E-state index in [0.29, 0.717) is 91.3 Å². The summed E-state index contributed by atoms with van der Waals surface area (Å²) >= 11 is 0. The van der Waals surface area contributed by atoms with Crippen molar-refractivity contribution in [1.29, 1.82) is 0 Å². The number of hydrogen-bond donors (Lipinski definition) is 9. The highest BCUT2D eigenvalue weighted by molar-refractivity contribution is 6.07. The number of aromatic nitrogens is 9. The first kappa shape index (κ1) is 107. The molecule has 0 radical (unpaired) electrons. The number of ether oxygens (including phenoxy) is 10. The largest absolute Gasteiger partial charge is 0.496 e. The minimum atomic E-state index is -0.213. The molecule has 5 heterocycles. The Morgan fingerprint density at radius 2 is 0.772 bits per heavy atom. The third kappa shape index (κ3) is 32.8. The summed E-state index contributed by atoms with van der Waals surface area (Å²) in [6.07, 6.45) is 16.7. The minimum Gasteiger partial charge on any atom is -0.496 e. The summed E-state index contributed by atoms with van der Waals surface area (Å²) in [5.41, 5.74) is 39.5. The molecule has 0 aliphatic rings. The number of carbonyl (C=O) groups is 3. The molecule has 4 aromatic carbocycles. The van der Waals surface area contributed by atoms with Gasteiger partial charge in [0, 0.05) is 123 Å². The SMILES string of the molecule is C.COC(OC)N(C)C.COc1cc(C(C)C)c(Oc2cnc(N)nc2N)cc1-c1ccno1.COc1cc(C(C)C)c(Oc2cnc(N)nc2N)cc1C(=O)/C=C/N(C)C.COc1cc(C(C)C)c(Oc2cnc(N)nc2N)cc1C(C)=O.COc1cc(C(C)C)c(Oc2cnc(N=CN(C)C)nc2N=CN(C)C)cc1C(=O)/C=C/N(C)C.N.NO.O. The van der Waals surface area contributed by atoms with Gasteiger partial charge in [-0.25, -0.2) is 35.8 Å². The third-order valence-corrected chi connectivity index (χ3v) is 16.1. The second kappa shape index (κ2) is 52.4.